The van der Waals surface area contributed by atoms with Gasteiger partial charge in [0.25, 0.3) is 0 Å². The summed E-state index contributed by atoms with van der Waals surface area (Å²) in [6, 6.07) is 12.2. The number of benzene rings is 1. The third kappa shape index (κ3) is 4.79. The van der Waals surface area contributed by atoms with Crippen LogP contribution in [0.15, 0.2) is 54.9 Å². The Morgan fingerprint density at radius 3 is 2.79 bits per heavy atom. The summed E-state index contributed by atoms with van der Waals surface area (Å²) >= 11 is 0. The molecule has 1 fully saturated rings. The van der Waals surface area contributed by atoms with E-state index in [4.69, 9.17) is 21.2 Å². The van der Waals surface area contributed by atoms with Gasteiger partial charge in [0.2, 0.25) is 5.88 Å². The molecule has 3 aromatic heterocycles. The molecule has 0 bridgehead atoms. The smallest absolute Gasteiger partial charge is 0.223 e. The first-order valence-electron chi connectivity index (χ1n) is 11.0. The first-order chi connectivity index (χ1) is 16.0. The molecule has 0 aliphatic carbocycles. The van der Waals surface area contributed by atoms with Gasteiger partial charge in [0.1, 0.15) is 18.1 Å². The van der Waals surface area contributed by atoms with E-state index >= 15 is 0 Å². The van der Waals surface area contributed by atoms with Gasteiger partial charge in [-0.15, -0.1) is 0 Å². The lowest BCUT2D eigenvalue weighted by Crippen LogP contribution is -2.39. The minimum absolute atomic E-state index is 0.172. The lowest BCUT2D eigenvalue weighted by Gasteiger charge is -2.29. The number of ether oxygens (including phenoxy) is 1. The van der Waals surface area contributed by atoms with Gasteiger partial charge in [-0.05, 0) is 48.7 Å². The van der Waals surface area contributed by atoms with Crippen LogP contribution in [0.1, 0.15) is 24.2 Å². The molecule has 1 aliphatic rings. The Balaban J connectivity index is 1.49. The normalized spacial score (nSPS) is 15.2. The molecule has 1 saturated heterocycles. The van der Waals surface area contributed by atoms with Gasteiger partial charge in [-0.1, -0.05) is 12.1 Å². The fraction of sp³-hybridized carbons (Fsp3) is 0.292. The molecular weight excluding hydrogens is 421 g/mol. The Labute approximate surface area is 191 Å². The van der Waals surface area contributed by atoms with E-state index in [1.165, 1.54) is 12.1 Å². The van der Waals surface area contributed by atoms with E-state index in [1.54, 1.807) is 24.4 Å². The van der Waals surface area contributed by atoms with Crippen molar-refractivity contribution in [2.45, 2.75) is 32.0 Å². The van der Waals surface area contributed by atoms with Crippen LogP contribution in [0.3, 0.4) is 0 Å². The van der Waals surface area contributed by atoms with Crippen molar-refractivity contribution in [2.24, 2.45) is 5.73 Å². The van der Waals surface area contributed by atoms with Crippen LogP contribution in [0.25, 0.3) is 16.8 Å². The summed E-state index contributed by atoms with van der Waals surface area (Å²) in [7, 11) is 0. The van der Waals surface area contributed by atoms with Crippen LogP contribution >= 0.6 is 0 Å². The van der Waals surface area contributed by atoms with E-state index in [0.717, 1.165) is 31.4 Å². The van der Waals surface area contributed by atoms with Crippen LogP contribution < -0.4 is 16.2 Å². The molecule has 5 rings (SSSR count). The zero-order valence-corrected chi connectivity index (χ0v) is 18.2. The van der Waals surface area contributed by atoms with Gasteiger partial charge in [-0.3, -0.25) is 4.90 Å². The summed E-state index contributed by atoms with van der Waals surface area (Å²) < 4.78 is 21.4. The van der Waals surface area contributed by atoms with E-state index in [9.17, 15) is 4.39 Å². The summed E-state index contributed by atoms with van der Waals surface area (Å²) in [5, 5.41) is 4.69. The standard InChI is InChI=1S/C24H26FN7O/c25-17-4-1-3-16(11-17)15-33-24-20(12-19(27)13-28-24)23-21-5-2-8-32(21)30-22(29-23)14-31-9-6-18(26)7-10-31/h1-5,8,11-13,18H,6-7,9-10,14-15,26-27H2. The van der Waals surface area contributed by atoms with Gasteiger partial charge in [0.15, 0.2) is 5.82 Å². The van der Waals surface area contributed by atoms with Gasteiger partial charge in [0, 0.05) is 25.3 Å². The molecule has 0 atom stereocenters. The number of aromatic nitrogens is 4. The van der Waals surface area contributed by atoms with Crippen molar-refractivity contribution >= 4 is 11.2 Å². The van der Waals surface area contributed by atoms with Crippen molar-refractivity contribution in [3.8, 4) is 17.1 Å². The number of piperidine rings is 1. The van der Waals surface area contributed by atoms with E-state index in [1.807, 2.05) is 22.8 Å². The monoisotopic (exact) mass is 447 g/mol. The number of pyridine rings is 1. The number of fused-ring (bicyclic) bond motifs is 1. The number of hydrogen-bond donors (Lipinski definition) is 2. The van der Waals surface area contributed by atoms with Gasteiger partial charge < -0.3 is 16.2 Å². The molecule has 0 amide bonds. The molecule has 8 nitrogen and oxygen atoms in total. The average molecular weight is 448 g/mol. The molecule has 4 heterocycles. The molecule has 33 heavy (non-hydrogen) atoms. The number of halogens is 1. The van der Waals surface area contributed by atoms with Gasteiger partial charge in [0.05, 0.1) is 29.5 Å². The molecule has 4 N–H and O–H groups in total. The quantitative estimate of drug-likeness (QED) is 0.468. The first kappa shape index (κ1) is 21.3. The molecule has 1 aromatic carbocycles. The molecule has 170 valence electrons. The van der Waals surface area contributed by atoms with Crippen molar-refractivity contribution in [1.82, 2.24) is 24.5 Å². The minimum Gasteiger partial charge on any atom is -0.472 e. The highest BCUT2D eigenvalue weighted by atomic mass is 19.1. The lowest BCUT2D eigenvalue weighted by molar-refractivity contribution is 0.200. The fourth-order valence-corrected chi connectivity index (χ4v) is 4.09. The third-order valence-electron chi connectivity index (χ3n) is 5.82. The average Bonchev–Trinajstić information content (AvgIpc) is 3.28. The maximum absolute atomic E-state index is 13.6. The number of rotatable bonds is 6. The second-order valence-corrected chi connectivity index (χ2v) is 8.37. The fourth-order valence-electron chi connectivity index (χ4n) is 4.09. The highest BCUT2D eigenvalue weighted by molar-refractivity contribution is 5.81. The number of likely N-dealkylation sites (tertiary alicyclic amines) is 1. The first-order valence-corrected chi connectivity index (χ1v) is 11.0. The zero-order valence-electron chi connectivity index (χ0n) is 18.2. The molecule has 1 aliphatic heterocycles. The summed E-state index contributed by atoms with van der Waals surface area (Å²) in [6.45, 7) is 2.64. The Morgan fingerprint density at radius 1 is 1.12 bits per heavy atom. The summed E-state index contributed by atoms with van der Waals surface area (Å²) in [4.78, 5) is 11.6. The Morgan fingerprint density at radius 2 is 1.97 bits per heavy atom. The van der Waals surface area contributed by atoms with Crippen LogP contribution in [0, 0.1) is 5.82 Å². The number of anilines is 1. The van der Waals surface area contributed by atoms with E-state index in [2.05, 4.69) is 15.0 Å². The van der Waals surface area contributed by atoms with Crippen LogP contribution in [-0.4, -0.2) is 43.6 Å². The molecule has 0 radical (unpaired) electrons. The predicted molar refractivity (Wildman–Crippen MR) is 124 cm³/mol. The minimum atomic E-state index is -0.310. The lowest BCUT2D eigenvalue weighted by atomic mass is 10.1. The second kappa shape index (κ2) is 9.13. The molecule has 0 saturated carbocycles. The maximum atomic E-state index is 13.6. The van der Waals surface area contributed by atoms with Crippen molar-refractivity contribution in [3.05, 3.63) is 72.1 Å². The van der Waals surface area contributed by atoms with Crippen LogP contribution in [-0.2, 0) is 13.2 Å². The molecule has 9 heteroatoms. The molecule has 4 aromatic rings. The van der Waals surface area contributed by atoms with E-state index in [-0.39, 0.29) is 18.5 Å². The third-order valence-corrected chi connectivity index (χ3v) is 5.82. The summed E-state index contributed by atoms with van der Waals surface area (Å²) in [6.07, 6.45) is 5.37. The van der Waals surface area contributed by atoms with Gasteiger partial charge >= 0.3 is 0 Å². The van der Waals surface area contributed by atoms with Crippen molar-refractivity contribution < 1.29 is 9.13 Å². The van der Waals surface area contributed by atoms with E-state index < -0.39 is 0 Å². The predicted octanol–water partition coefficient (Wildman–Crippen LogP) is 3.01. The summed E-state index contributed by atoms with van der Waals surface area (Å²) in [5.74, 6) is 0.767. The maximum Gasteiger partial charge on any atom is 0.223 e. The molecular formula is C24H26FN7O. The number of nitrogen functional groups attached to an aromatic ring is 1. The highest BCUT2D eigenvalue weighted by Gasteiger charge is 2.20. The number of hydrogen-bond acceptors (Lipinski definition) is 7. The van der Waals surface area contributed by atoms with E-state index in [0.29, 0.717) is 40.8 Å². The largest absolute Gasteiger partial charge is 0.472 e. The van der Waals surface area contributed by atoms with Gasteiger partial charge in [-0.2, -0.15) is 5.10 Å². The molecule has 0 unspecified atom stereocenters. The summed E-state index contributed by atoms with van der Waals surface area (Å²) in [5.41, 5.74) is 15.5. The second-order valence-electron chi connectivity index (χ2n) is 8.37. The van der Waals surface area contributed by atoms with Crippen LogP contribution in [0.5, 0.6) is 5.88 Å². The van der Waals surface area contributed by atoms with Crippen molar-refractivity contribution in [3.63, 3.8) is 0 Å². The number of nitrogens with zero attached hydrogens (tertiary/aromatic N) is 5. The topological polar surface area (TPSA) is 108 Å². The number of nitrogens with two attached hydrogens (primary N) is 2. The van der Waals surface area contributed by atoms with Crippen molar-refractivity contribution in [2.75, 3.05) is 18.8 Å². The van der Waals surface area contributed by atoms with Crippen LogP contribution in [0.2, 0.25) is 0 Å². The highest BCUT2D eigenvalue weighted by Crippen LogP contribution is 2.32. The Bertz CT molecular complexity index is 1270. The Hall–Kier alpha value is -3.56. The zero-order chi connectivity index (χ0) is 22.8. The SMILES string of the molecule is Nc1cnc(OCc2cccc(F)c2)c(-c2nc(CN3CCC(N)CC3)nn3cccc23)c1. The van der Waals surface area contributed by atoms with Crippen molar-refractivity contribution in [1.29, 1.82) is 0 Å². The van der Waals surface area contributed by atoms with Crippen LogP contribution in [0.4, 0.5) is 10.1 Å². The molecule has 0 spiro atoms. The van der Waals surface area contributed by atoms with Gasteiger partial charge in [-0.25, -0.2) is 18.9 Å². The Kier molecular flexibility index (Phi) is 5.89.